The molecule has 0 saturated carbocycles. The Morgan fingerprint density at radius 1 is 0.914 bits per heavy atom. The second kappa shape index (κ2) is 10.2. The van der Waals surface area contributed by atoms with Crippen molar-refractivity contribution in [2.75, 3.05) is 26.6 Å². The highest BCUT2D eigenvalue weighted by molar-refractivity contribution is 6.04. The number of nitrogens with zero attached hydrogens (tertiary/aromatic N) is 1. The van der Waals surface area contributed by atoms with Gasteiger partial charge in [-0.3, -0.25) is 9.59 Å². The molecular weight excluding hydrogens is 450 g/mol. The van der Waals surface area contributed by atoms with Crippen molar-refractivity contribution in [1.29, 1.82) is 0 Å². The number of aromatic nitrogens is 1. The molecule has 3 aromatic carbocycles. The Kier molecular flexibility index (Phi) is 6.86. The molecule has 180 valence electrons. The van der Waals surface area contributed by atoms with Crippen LogP contribution in [-0.2, 0) is 4.79 Å². The molecule has 0 aliphatic heterocycles. The van der Waals surface area contributed by atoms with Gasteiger partial charge in [-0.25, -0.2) is 0 Å². The van der Waals surface area contributed by atoms with Crippen molar-refractivity contribution < 1.29 is 28.3 Å². The summed E-state index contributed by atoms with van der Waals surface area (Å²) in [7, 11) is 4.47. The number of ether oxygens (including phenoxy) is 3. The fourth-order valence-corrected chi connectivity index (χ4v) is 3.63. The van der Waals surface area contributed by atoms with E-state index in [9.17, 15) is 9.59 Å². The number of methoxy groups -OCH3 is 3. The normalized spacial score (nSPS) is 11.5. The Hall–Kier alpha value is -4.53. The van der Waals surface area contributed by atoms with Crippen LogP contribution in [0.2, 0.25) is 0 Å². The largest absolute Gasteiger partial charge is 0.493 e. The van der Waals surface area contributed by atoms with Crippen molar-refractivity contribution >= 4 is 28.4 Å². The number of rotatable bonds is 8. The third kappa shape index (κ3) is 4.89. The van der Waals surface area contributed by atoms with Gasteiger partial charge in [-0.05, 0) is 25.1 Å². The van der Waals surface area contributed by atoms with Crippen molar-refractivity contribution in [3.8, 4) is 28.6 Å². The van der Waals surface area contributed by atoms with E-state index in [0.717, 1.165) is 5.56 Å². The SMILES string of the molecule is COc1cc(NC(=O)[C@@H](C)NC(=O)c2ccc3noc(-c4ccccc4)c3c2)cc(OC)c1OC. The van der Waals surface area contributed by atoms with Crippen molar-refractivity contribution in [3.05, 3.63) is 66.2 Å². The Morgan fingerprint density at radius 3 is 2.23 bits per heavy atom. The molecule has 2 N–H and O–H groups in total. The zero-order chi connectivity index (χ0) is 24.9. The van der Waals surface area contributed by atoms with E-state index in [0.29, 0.717) is 45.2 Å². The van der Waals surface area contributed by atoms with Crippen LogP contribution in [0, 0.1) is 0 Å². The predicted molar refractivity (Wildman–Crippen MR) is 131 cm³/mol. The van der Waals surface area contributed by atoms with E-state index in [1.165, 1.54) is 21.3 Å². The molecule has 0 saturated heterocycles. The smallest absolute Gasteiger partial charge is 0.251 e. The molecular formula is C26H25N3O6. The molecule has 0 unspecified atom stereocenters. The van der Waals surface area contributed by atoms with E-state index >= 15 is 0 Å². The molecule has 1 heterocycles. The highest BCUT2D eigenvalue weighted by Crippen LogP contribution is 2.40. The Balaban J connectivity index is 1.50. The first-order valence-corrected chi connectivity index (χ1v) is 10.8. The summed E-state index contributed by atoms with van der Waals surface area (Å²) in [5, 5.41) is 10.3. The van der Waals surface area contributed by atoms with Crippen LogP contribution in [0.15, 0.2) is 65.2 Å². The van der Waals surface area contributed by atoms with Crippen LogP contribution in [0.4, 0.5) is 5.69 Å². The van der Waals surface area contributed by atoms with Gasteiger partial charge >= 0.3 is 0 Å². The third-order valence-corrected chi connectivity index (χ3v) is 5.45. The van der Waals surface area contributed by atoms with Crippen LogP contribution in [0.1, 0.15) is 17.3 Å². The average molecular weight is 476 g/mol. The van der Waals surface area contributed by atoms with E-state index in [4.69, 9.17) is 18.7 Å². The highest BCUT2D eigenvalue weighted by Gasteiger charge is 2.20. The minimum absolute atomic E-state index is 0.380. The van der Waals surface area contributed by atoms with Crippen LogP contribution in [0.3, 0.4) is 0 Å². The zero-order valence-electron chi connectivity index (χ0n) is 19.7. The quantitative estimate of drug-likeness (QED) is 0.391. The summed E-state index contributed by atoms with van der Waals surface area (Å²) in [6.45, 7) is 1.60. The molecule has 0 aliphatic rings. The van der Waals surface area contributed by atoms with E-state index in [-0.39, 0.29) is 0 Å². The lowest BCUT2D eigenvalue weighted by molar-refractivity contribution is -0.117. The first kappa shape index (κ1) is 23.6. The van der Waals surface area contributed by atoms with Crippen molar-refractivity contribution in [2.24, 2.45) is 0 Å². The number of fused-ring (bicyclic) bond motifs is 1. The second-order valence-electron chi connectivity index (χ2n) is 7.71. The van der Waals surface area contributed by atoms with Gasteiger partial charge in [-0.2, -0.15) is 0 Å². The van der Waals surface area contributed by atoms with Gasteiger partial charge in [-0.15, -0.1) is 0 Å². The second-order valence-corrected chi connectivity index (χ2v) is 7.71. The summed E-state index contributed by atoms with van der Waals surface area (Å²) in [4.78, 5) is 25.7. The van der Waals surface area contributed by atoms with Gasteiger partial charge in [0.2, 0.25) is 11.7 Å². The van der Waals surface area contributed by atoms with Gasteiger partial charge in [0.1, 0.15) is 11.6 Å². The Labute approximate surface area is 202 Å². The summed E-state index contributed by atoms with van der Waals surface area (Å²) in [6, 6.07) is 17.0. The number of anilines is 1. The number of carbonyl (C=O) groups is 2. The van der Waals surface area contributed by atoms with E-state index in [1.807, 2.05) is 30.3 Å². The topological polar surface area (TPSA) is 112 Å². The molecule has 0 bridgehead atoms. The summed E-state index contributed by atoms with van der Waals surface area (Å²) in [5.41, 5.74) is 2.30. The molecule has 1 aromatic heterocycles. The molecule has 9 nitrogen and oxygen atoms in total. The van der Waals surface area contributed by atoms with Crippen LogP contribution >= 0.6 is 0 Å². The maximum Gasteiger partial charge on any atom is 0.251 e. The molecule has 9 heteroatoms. The number of hydrogen-bond acceptors (Lipinski definition) is 7. The Morgan fingerprint density at radius 2 is 1.60 bits per heavy atom. The summed E-state index contributed by atoms with van der Waals surface area (Å²) in [6.07, 6.45) is 0. The van der Waals surface area contributed by atoms with Crippen LogP contribution in [-0.4, -0.2) is 44.3 Å². The molecule has 35 heavy (non-hydrogen) atoms. The van der Waals surface area contributed by atoms with Crippen LogP contribution in [0.5, 0.6) is 17.2 Å². The van der Waals surface area contributed by atoms with Crippen molar-refractivity contribution in [3.63, 3.8) is 0 Å². The van der Waals surface area contributed by atoms with E-state index in [1.54, 1.807) is 37.3 Å². The molecule has 0 radical (unpaired) electrons. The lowest BCUT2D eigenvalue weighted by Gasteiger charge is -2.17. The standard InChI is InChI=1S/C26H25N3O6/c1-15(25(30)28-18-13-21(32-2)24(34-4)22(14-18)33-3)27-26(31)17-10-11-20-19(12-17)23(35-29-20)16-8-6-5-7-9-16/h5-15H,1-4H3,(H,27,31)(H,28,30)/t15-/m1/s1. The predicted octanol–water partition coefficient (Wildman–Crippen LogP) is 4.28. The number of nitrogens with one attached hydrogen (secondary N) is 2. The highest BCUT2D eigenvalue weighted by atomic mass is 16.5. The summed E-state index contributed by atoms with van der Waals surface area (Å²) < 4.78 is 21.4. The first-order valence-electron chi connectivity index (χ1n) is 10.8. The molecule has 0 spiro atoms. The lowest BCUT2D eigenvalue weighted by atomic mass is 10.1. The van der Waals surface area contributed by atoms with Gasteiger partial charge in [0, 0.05) is 28.9 Å². The number of benzene rings is 3. The molecule has 4 aromatic rings. The monoisotopic (exact) mass is 475 g/mol. The van der Waals surface area contributed by atoms with Gasteiger partial charge in [-0.1, -0.05) is 35.5 Å². The lowest BCUT2D eigenvalue weighted by Crippen LogP contribution is -2.41. The van der Waals surface area contributed by atoms with E-state index in [2.05, 4.69) is 15.8 Å². The van der Waals surface area contributed by atoms with Gasteiger partial charge < -0.3 is 29.4 Å². The van der Waals surface area contributed by atoms with Gasteiger partial charge in [0.05, 0.1) is 26.7 Å². The minimum atomic E-state index is -0.826. The molecule has 2 amide bonds. The molecule has 4 rings (SSSR count). The zero-order valence-corrected chi connectivity index (χ0v) is 19.7. The number of carbonyl (C=O) groups excluding carboxylic acids is 2. The Bertz CT molecular complexity index is 1340. The van der Waals surface area contributed by atoms with Crippen molar-refractivity contribution in [2.45, 2.75) is 13.0 Å². The fourth-order valence-electron chi connectivity index (χ4n) is 3.63. The van der Waals surface area contributed by atoms with Crippen LogP contribution < -0.4 is 24.8 Å². The average Bonchev–Trinajstić information content (AvgIpc) is 3.31. The third-order valence-electron chi connectivity index (χ3n) is 5.45. The number of hydrogen-bond donors (Lipinski definition) is 2. The maximum atomic E-state index is 12.9. The maximum absolute atomic E-state index is 12.9. The van der Waals surface area contributed by atoms with Crippen molar-refractivity contribution in [1.82, 2.24) is 10.5 Å². The minimum Gasteiger partial charge on any atom is -0.493 e. The molecule has 0 fully saturated rings. The van der Waals surface area contributed by atoms with Crippen LogP contribution in [0.25, 0.3) is 22.2 Å². The van der Waals surface area contributed by atoms with Gasteiger partial charge in [0.15, 0.2) is 17.3 Å². The van der Waals surface area contributed by atoms with E-state index < -0.39 is 17.9 Å². The summed E-state index contributed by atoms with van der Waals surface area (Å²) >= 11 is 0. The summed E-state index contributed by atoms with van der Waals surface area (Å²) in [5.74, 6) is 0.963. The van der Waals surface area contributed by atoms with Gasteiger partial charge in [0.25, 0.3) is 5.91 Å². The molecule has 0 aliphatic carbocycles. The number of amides is 2. The fraction of sp³-hybridized carbons (Fsp3) is 0.192. The molecule has 1 atom stereocenters. The first-order chi connectivity index (χ1) is 16.9.